The smallest absolute Gasteiger partial charge is 0.258 e. The van der Waals surface area contributed by atoms with Crippen molar-refractivity contribution < 1.29 is 0 Å². The van der Waals surface area contributed by atoms with Crippen LogP contribution < -0.4 is 5.56 Å². The van der Waals surface area contributed by atoms with E-state index in [1.54, 1.807) is 4.57 Å². The first-order valence-electron chi connectivity index (χ1n) is 6.42. The van der Waals surface area contributed by atoms with Gasteiger partial charge < -0.3 is 4.57 Å². The minimum absolute atomic E-state index is 0.0401. The SMILES string of the molecule is CC(c1ccccc1)n1ccc2ccccc2c1=O. The molecule has 0 spiro atoms. The third kappa shape index (κ3) is 2.06. The third-order valence-corrected chi connectivity index (χ3v) is 3.54. The minimum Gasteiger partial charge on any atom is -0.308 e. The van der Waals surface area contributed by atoms with Gasteiger partial charge in [-0.3, -0.25) is 4.79 Å². The molecule has 0 aliphatic rings. The first kappa shape index (κ1) is 11.7. The third-order valence-electron chi connectivity index (χ3n) is 3.54. The Morgan fingerprint density at radius 1 is 0.895 bits per heavy atom. The molecule has 0 saturated heterocycles. The molecule has 1 atom stereocenters. The monoisotopic (exact) mass is 249 g/mol. The molecule has 3 rings (SSSR count). The maximum absolute atomic E-state index is 12.5. The van der Waals surface area contributed by atoms with Crippen LogP contribution in [-0.4, -0.2) is 4.57 Å². The van der Waals surface area contributed by atoms with Crippen LogP contribution in [0.1, 0.15) is 18.5 Å². The van der Waals surface area contributed by atoms with E-state index in [1.807, 2.05) is 73.8 Å². The van der Waals surface area contributed by atoms with Gasteiger partial charge in [-0.15, -0.1) is 0 Å². The predicted molar refractivity (Wildman–Crippen MR) is 78.5 cm³/mol. The van der Waals surface area contributed by atoms with Crippen LogP contribution in [0.3, 0.4) is 0 Å². The van der Waals surface area contributed by atoms with E-state index < -0.39 is 0 Å². The fourth-order valence-electron chi connectivity index (χ4n) is 2.40. The molecule has 3 aromatic rings. The molecular formula is C17H15NO. The van der Waals surface area contributed by atoms with Gasteiger partial charge in [-0.1, -0.05) is 48.5 Å². The molecular weight excluding hydrogens is 234 g/mol. The van der Waals surface area contributed by atoms with Gasteiger partial charge in [-0.2, -0.15) is 0 Å². The first-order valence-corrected chi connectivity index (χ1v) is 6.42. The molecule has 0 saturated carbocycles. The normalized spacial score (nSPS) is 12.5. The quantitative estimate of drug-likeness (QED) is 0.680. The number of benzene rings is 2. The van der Waals surface area contributed by atoms with Crippen LogP contribution in [-0.2, 0) is 0 Å². The molecule has 0 bridgehead atoms. The van der Waals surface area contributed by atoms with Crippen molar-refractivity contribution in [1.82, 2.24) is 4.57 Å². The van der Waals surface area contributed by atoms with Gasteiger partial charge in [0, 0.05) is 11.6 Å². The van der Waals surface area contributed by atoms with Gasteiger partial charge in [0.2, 0.25) is 0 Å². The van der Waals surface area contributed by atoms with Crippen molar-refractivity contribution in [2.45, 2.75) is 13.0 Å². The van der Waals surface area contributed by atoms with Gasteiger partial charge in [0.25, 0.3) is 5.56 Å². The van der Waals surface area contributed by atoms with E-state index in [0.717, 1.165) is 16.3 Å². The Morgan fingerprint density at radius 3 is 2.37 bits per heavy atom. The minimum atomic E-state index is 0.0401. The lowest BCUT2D eigenvalue weighted by Gasteiger charge is -2.16. The molecule has 1 aromatic heterocycles. The van der Waals surface area contributed by atoms with E-state index in [9.17, 15) is 4.79 Å². The summed E-state index contributed by atoms with van der Waals surface area (Å²) >= 11 is 0. The van der Waals surface area contributed by atoms with E-state index in [2.05, 4.69) is 0 Å². The summed E-state index contributed by atoms with van der Waals surface area (Å²) in [5.41, 5.74) is 1.20. The van der Waals surface area contributed by atoms with Gasteiger partial charge >= 0.3 is 0 Å². The Morgan fingerprint density at radius 2 is 1.58 bits per heavy atom. The van der Waals surface area contributed by atoms with Crippen LogP contribution in [0.4, 0.5) is 0 Å². The van der Waals surface area contributed by atoms with E-state index in [-0.39, 0.29) is 11.6 Å². The molecule has 0 aliphatic carbocycles. The summed E-state index contributed by atoms with van der Waals surface area (Å²) in [7, 11) is 0. The number of fused-ring (bicyclic) bond motifs is 1. The lowest BCUT2D eigenvalue weighted by molar-refractivity contribution is 0.620. The summed E-state index contributed by atoms with van der Waals surface area (Å²) in [6, 6.07) is 19.8. The van der Waals surface area contributed by atoms with Crippen molar-refractivity contribution in [3.05, 3.63) is 82.8 Å². The molecule has 0 amide bonds. The van der Waals surface area contributed by atoms with Crippen LogP contribution in [0.2, 0.25) is 0 Å². The van der Waals surface area contributed by atoms with Gasteiger partial charge in [0.15, 0.2) is 0 Å². The van der Waals surface area contributed by atoms with E-state index in [4.69, 9.17) is 0 Å². The lowest BCUT2D eigenvalue weighted by Crippen LogP contribution is -2.23. The molecule has 0 radical (unpaired) electrons. The molecule has 1 heterocycles. The van der Waals surface area contributed by atoms with Crippen molar-refractivity contribution in [1.29, 1.82) is 0 Å². The number of pyridine rings is 1. The van der Waals surface area contributed by atoms with Crippen molar-refractivity contribution in [2.75, 3.05) is 0 Å². The number of rotatable bonds is 2. The second-order valence-corrected chi connectivity index (χ2v) is 4.70. The first-order chi connectivity index (χ1) is 9.27. The molecule has 1 unspecified atom stereocenters. The average Bonchev–Trinajstić information content (AvgIpc) is 2.48. The topological polar surface area (TPSA) is 22.0 Å². The average molecular weight is 249 g/mol. The Bertz CT molecular complexity index is 759. The standard InChI is InChI=1S/C17H15NO/c1-13(14-7-3-2-4-8-14)18-12-11-15-9-5-6-10-16(15)17(18)19/h2-13H,1H3. The molecule has 0 N–H and O–H groups in total. The van der Waals surface area contributed by atoms with Crippen molar-refractivity contribution >= 4 is 10.8 Å². The summed E-state index contributed by atoms with van der Waals surface area (Å²) in [6.07, 6.45) is 1.88. The summed E-state index contributed by atoms with van der Waals surface area (Å²) < 4.78 is 1.79. The van der Waals surface area contributed by atoms with E-state index >= 15 is 0 Å². The van der Waals surface area contributed by atoms with E-state index in [0.29, 0.717) is 0 Å². The molecule has 2 aromatic carbocycles. The molecule has 0 aliphatic heterocycles. The zero-order valence-corrected chi connectivity index (χ0v) is 10.8. The van der Waals surface area contributed by atoms with Gasteiger partial charge in [-0.25, -0.2) is 0 Å². The number of hydrogen-bond donors (Lipinski definition) is 0. The van der Waals surface area contributed by atoms with Crippen LogP contribution in [0.15, 0.2) is 71.7 Å². The van der Waals surface area contributed by atoms with Crippen molar-refractivity contribution in [2.24, 2.45) is 0 Å². The fourth-order valence-corrected chi connectivity index (χ4v) is 2.40. The lowest BCUT2D eigenvalue weighted by atomic mass is 10.1. The number of hydrogen-bond acceptors (Lipinski definition) is 1. The maximum atomic E-state index is 12.5. The van der Waals surface area contributed by atoms with Gasteiger partial charge in [0.1, 0.15) is 0 Å². The van der Waals surface area contributed by atoms with Crippen LogP contribution in [0, 0.1) is 0 Å². The second kappa shape index (κ2) is 4.73. The number of aromatic nitrogens is 1. The maximum Gasteiger partial charge on any atom is 0.258 e. The summed E-state index contributed by atoms with van der Waals surface area (Å²) in [4.78, 5) is 12.5. The highest BCUT2D eigenvalue weighted by atomic mass is 16.1. The summed E-state index contributed by atoms with van der Waals surface area (Å²) in [6.45, 7) is 2.05. The second-order valence-electron chi connectivity index (χ2n) is 4.70. The Kier molecular flexibility index (Phi) is 2.92. The Hall–Kier alpha value is -2.35. The van der Waals surface area contributed by atoms with Crippen molar-refractivity contribution in [3.63, 3.8) is 0 Å². The van der Waals surface area contributed by atoms with E-state index in [1.165, 1.54) is 0 Å². The van der Waals surface area contributed by atoms with Crippen LogP contribution in [0.25, 0.3) is 10.8 Å². The Balaban J connectivity index is 2.16. The fraction of sp³-hybridized carbons (Fsp3) is 0.118. The molecule has 0 fully saturated rings. The number of nitrogens with zero attached hydrogens (tertiary/aromatic N) is 1. The molecule has 94 valence electrons. The summed E-state index contributed by atoms with van der Waals surface area (Å²) in [5.74, 6) is 0. The molecule has 2 nitrogen and oxygen atoms in total. The zero-order valence-electron chi connectivity index (χ0n) is 10.8. The predicted octanol–water partition coefficient (Wildman–Crippen LogP) is 3.61. The molecule has 2 heteroatoms. The zero-order chi connectivity index (χ0) is 13.2. The summed E-state index contributed by atoms with van der Waals surface area (Å²) in [5, 5.41) is 1.76. The van der Waals surface area contributed by atoms with Gasteiger partial charge in [-0.05, 0) is 30.0 Å². The van der Waals surface area contributed by atoms with Crippen LogP contribution >= 0.6 is 0 Å². The Labute approximate surface area is 111 Å². The largest absolute Gasteiger partial charge is 0.308 e. The molecule has 19 heavy (non-hydrogen) atoms. The van der Waals surface area contributed by atoms with Crippen molar-refractivity contribution in [3.8, 4) is 0 Å². The highest BCUT2D eigenvalue weighted by Crippen LogP contribution is 2.17. The highest BCUT2D eigenvalue weighted by Gasteiger charge is 2.10. The van der Waals surface area contributed by atoms with Gasteiger partial charge in [0.05, 0.1) is 6.04 Å². The highest BCUT2D eigenvalue weighted by molar-refractivity contribution is 5.81. The van der Waals surface area contributed by atoms with Crippen LogP contribution in [0.5, 0.6) is 0 Å².